The van der Waals surface area contributed by atoms with Gasteiger partial charge >= 0.3 is 0 Å². The molecule has 1 N–H and O–H groups in total. The van der Waals surface area contributed by atoms with E-state index in [9.17, 15) is 4.79 Å². The highest BCUT2D eigenvalue weighted by molar-refractivity contribution is 5.91. The van der Waals surface area contributed by atoms with E-state index >= 15 is 0 Å². The Labute approximate surface area is 120 Å². The molecule has 0 radical (unpaired) electrons. The largest absolute Gasteiger partial charge is 0.376 e. The van der Waals surface area contributed by atoms with E-state index in [0.29, 0.717) is 30.9 Å². The molecule has 110 valence electrons. The summed E-state index contributed by atoms with van der Waals surface area (Å²) in [6.07, 6.45) is 8.38. The van der Waals surface area contributed by atoms with E-state index in [1.54, 1.807) is 6.20 Å². The Morgan fingerprint density at radius 2 is 2.15 bits per heavy atom. The summed E-state index contributed by atoms with van der Waals surface area (Å²) >= 11 is 0. The van der Waals surface area contributed by atoms with Gasteiger partial charge in [-0.3, -0.25) is 9.78 Å². The van der Waals surface area contributed by atoms with Crippen LogP contribution in [-0.4, -0.2) is 35.1 Å². The van der Waals surface area contributed by atoms with Crippen LogP contribution < -0.4 is 5.32 Å². The first-order chi connectivity index (χ1) is 9.66. The Bertz CT molecular complexity index is 433. The van der Waals surface area contributed by atoms with E-state index in [0.717, 1.165) is 12.1 Å². The molecule has 20 heavy (non-hydrogen) atoms. The van der Waals surface area contributed by atoms with Crippen LogP contribution in [0.3, 0.4) is 0 Å². The van der Waals surface area contributed by atoms with Crippen molar-refractivity contribution >= 4 is 5.91 Å². The molecule has 1 amide bonds. The van der Waals surface area contributed by atoms with Crippen LogP contribution in [-0.2, 0) is 4.74 Å². The van der Waals surface area contributed by atoms with E-state index in [1.165, 1.54) is 25.5 Å². The number of rotatable bonds is 5. The zero-order chi connectivity index (χ0) is 14.4. The number of aromatic nitrogens is 2. The minimum atomic E-state index is -0.196. The Hall–Kier alpha value is -1.49. The maximum Gasteiger partial charge on any atom is 0.271 e. The van der Waals surface area contributed by atoms with Crippen LogP contribution in [0.2, 0.25) is 0 Å². The average molecular weight is 277 g/mol. The molecule has 0 unspecified atom stereocenters. The van der Waals surface area contributed by atoms with Gasteiger partial charge in [-0.2, -0.15) is 0 Å². The van der Waals surface area contributed by atoms with Crippen molar-refractivity contribution in [3.05, 3.63) is 23.8 Å². The minimum Gasteiger partial charge on any atom is -0.376 e. The number of nitrogens with one attached hydrogen (secondary N) is 1. The summed E-state index contributed by atoms with van der Waals surface area (Å²) in [6, 6.07) is 0. The first-order valence-corrected chi connectivity index (χ1v) is 7.35. The Morgan fingerprint density at radius 3 is 2.85 bits per heavy atom. The van der Waals surface area contributed by atoms with Crippen LogP contribution >= 0.6 is 0 Å². The summed E-state index contributed by atoms with van der Waals surface area (Å²) in [7, 11) is 0. The van der Waals surface area contributed by atoms with Gasteiger partial charge in [0.2, 0.25) is 0 Å². The molecule has 1 aromatic heterocycles. The topological polar surface area (TPSA) is 64.1 Å². The summed E-state index contributed by atoms with van der Waals surface area (Å²) in [5.74, 6) is 0.431. The molecule has 0 bridgehead atoms. The molecule has 1 fully saturated rings. The smallest absolute Gasteiger partial charge is 0.271 e. The molecule has 0 spiro atoms. The third-order valence-corrected chi connectivity index (χ3v) is 3.77. The zero-order valence-corrected chi connectivity index (χ0v) is 12.3. The number of ether oxygens (including phenoxy) is 1. The average Bonchev–Trinajstić information content (AvgIpc) is 2.46. The summed E-state index contributed by atoms with van der Waals surface area (Å²) in [4.78, 5) is 19.9. The van der Waals surface area contributed by atoms with E-state index in [4.69, 9.17) is 4.74 Å². The number of hydrogen-bond donors (Lipinski definition) is 1. The first-order valence-electron chi connectivity index (χ1n) is 7.35. The molecule has 2 rings (SSSR count). The number of carbonyl (C=O) groups is 1. The normalized spacial score (nSPS) is 22.5. The highest BCUT2D eigenvalue weighted by atomic mass is 16.5. The molecule has 1 aromatic rings. The lowest BCUT2D eigenvalue weighted by Crippen LogP contribution is -2.32. The fraction of sp³-hybridized carbons (Fsp3) is 0.667. The van der Waals surface area contributed by atoms with E-state index in [2.05, 4.69) is 22.2 Å². The molecular formula is C15H23N3O2. The van der Waals surface area contributed by atoms with Crippen molar-refractivity contribution in [2.24, 2.45) is 5.92 Å². The Kier molecular flexibility index (Phi) is 5.47. The third kappa shape index (κ3) is 4.27. The predicted molar refractivity (Wildman–Crippen MR) is 76.5 cm³/mol. The fourth-order valence-electron chi connectivity index (χ4n) is 2.51. The molecule has 2 atom stereocenters. The van der Waals surface area contributed by atoms with Gasteiger partial charge in [-0.1, -0.05) is 19.8 Å². The Morgan fingerprint density at radius 1 is 1.35 bits per heavy atom. The maximum absolute atomic E-state index is 11.8. The van der Waals surface area contributed by atoms with Gasteiger partial charge in [-0.15, -0.1) is 0 Å². The van der Waals surface area contributed by atoms with E-state index < -0.39 is 0 Å². The van der Waals surface area contributed by atoms with Crippen LogP contribution in [0.5, 0.6) is 0 Å². The van der Waals surface area contributed by atoms with E-state index in [-0.39, 0.29) is 5.91 Å². The van der Waals surface area contributed by atoms with Crippen LogP contribution in [0, 0.1) is 12.8 Å². The molecule has 0 aliphatic heterocycles. The maximum atomic E-state index is 11.8. The number of amides is 1. The second-order valence-corrected chi connectivity index (χ2v) is 5.47. The third-order valence-electron chi connectivity index (χ3n) is 3.77. The van der Waals surface area contributed by atoms with Crippen LogP contribution in [0.15, 0.2) is 12.4 Å². The molecule has 1 aliphatic rings. The second kappa shape index (κ2) is 7.33. The zero-order valence-electron chi connectivity index (χ0n) is 12.3. The van der Waals surface area contributed by atoms with Gasteiger partial charge in [0.25, 0.3) is 5.91 Å². The van der Waals surface area contributed by atoms with Gasteiger partial charge in [-0.05, 0) is 25.7 Å². The van der Waals surface area contributed by atoms with Gasteiger partial charge in [0, 0.05) is 12.7 Å². The van der Waals surface area contributed by atoms with Crippen molar-refractivity contribution in [1.29, 1.82) is 0 Å². The SMILES string of the molecule is Cc1cnc(C(=O)NCCO[C@@H]2CCCC[C@@H]2C)cn1. The number of carbonyl (C=O) groups excluding carboxylic acids is 1. The molecule has 0 saturated heterocycles. The summed E-state index contributed by atoms with van der Waals surface area (Å²) in [5, 5.41) is 2.81. The van der Waals surface area contributed by atoms with Crippen molar-refractivity contribution < 1.29 is 9.53 Å². The monoisotopic (exact) mass is 277 g/mol. The highest BCUT2D eigenvalue weighted by Crippen LogP contribution is 2.25. The lowest BCUT2D eigenvalue weighted by atomic mass is 9.88. The summed E-state index contributed by atoms with van der Waals surface area (Å²) in [5.41, 5.74) is 1.15. The van der Waals surface area contributed by atoms with Crippen molar-refractivity contribution in [2.75, 3.05) is 13.2 Å². The lowest BCUT2D eigenvalue weighted by Gasteiger charge is -2.28. The highest BCUT2D eigenvalue weighted by Gasteiger charge is 2.21. The molecule has 5 nitrogen and oxygen atoms in total. The predicted octanol–water partition coefficient (Wildman–Crippen LogP) is 2.11. The minimum absolute atomic E-state index is 0.196. The van der Waals surface area contributed by atoms with Crippen LogP contribution in [0.1, 0.15) is 48.8 Å². The van der Waals surface area contributed by atoms with E-state index in [1.807, 2.05) is 6.92 Å². The quantitative estimate of drug-likeness (QED) is 0.837. The Balaban J connectivity index is 1.67. The van der Waals surface area contributed by atoms with Crippen LogP contribution in [0.4, 0.5) is 0 Å². The van der Waals surface area contributed by atoms with Crippen LogP contribution in [0.25, 0.3) is 0 Å². The number of hydrogen-bond acceptors (Lipinski definition) is 4. The second-order valence-electron chi connectivity index (χ2n) is 5.47. The lowest BCUT2D eigenvalue weighted by molar-refractivity contribution is -0.00295. The standard InChI is InChI=1S/C15H23N3O2/c1-11-5-3-4-6-14(11)20-8-7-16-15(19)13-10-17-12(2)9-18-13/h9-11,14H,3-8H2,1-2H3,(H,16,19)/t11-,14+/m0/s1. The van der Waals surface area contributed by atoms with Gasteiger partial charge in [-0.25, -0.2) is 4.98 Å². The molecule has 1 aliphatic carbocycles. The van der Waals surface area contributed by atoms with Crippen molar-refractivity contribution in [1.82, 2.24) is 15.3 Å². The van der Waals surface area contributed by atoms with Crippen molar-refractivity contribution in [2.45, 2.75) is 45.6 Å². The number of nitrogens with zero attached hydrogens (tertiary/aromatic N) is 2. The van der Waals surface area contributed by atoms with Crippen molar-refractivity contribution in [3.8, 4) is 0 Å². The van der Waals surface area contributed by atoms with Gasteiger partial charge in [0.1, 0.15) is 5.69 Å². The molecule has 5 heteroatoms. The summed E-state index contributed by atoms with van der Waals surface area (Å²) in [6.45, 7) is 5.15. The first kappa shape index (κ1) is 14.9. The summed E-state index contributed by atoms with van der Waals surface area (Å²) < 4.78 is 5.85. The molecular weight excluding hydrogens is 254 g/mol. The fourth-order valence-corrected chi connectivity index (χ4v) is 2.51. The van der Waals surface area contributed by atoms with Gasteiger partial charge < -0.3 is 10.1 Å². The number of aryl methyl sites for hydroxylation is 1. The van der Waals surface area contributed by atoms with Crippen molar-refractivity contribution in [3.63, 3.8) is 0 Å². The molecule has 1 saturated carbocycles. The van der Waals surface area contributed by atoms with Gasteiger partial charge in [0.15, 0.2) is 0 Å². The molecule has 0 aromatic carbocycles. The van der Waals surface area contributed by atoms with Gasteiger partial charge in [0.05, 0.1) is 24.6 Å². The molecule has 1 heterocycles.